The van der Waals surface area contributed by atoms with Crippen LogP contribution in [0, 0.1) is 10.1 Å². The Morgan fingerprint density at radius 1 is 1.10 bits per heavy atom. The van der Waals surface area contributed by atoms with Crippen molar-refractivity contribution < 1.29 is 18.1 Å². The molecule has 0 saturated heterocycles. The Kier molecular flexibility index (Phi) is 3.75. The van der Waals surface area contributed by atoms with E-state index < -0.39 is 22.4 Å². The molecule has 0 atom stereocenters. The Labute approximate surface area is 170 Å². The Morgan fingerprint density at radius 2 is 1.84 bits per heavy atom. The molecule has 0 fully saturated rings. The van der Waals surface area contributed by atoms with Crippen LogP contribution in [0.15, 0.2) is 53.3 Å². The number of non-ortho nitro benzene ring substituents is 1. The first kappa shape index (κ1) is 18.9. The van der Waals surface area contributed by atoms with Gasteiger partial charge in [-0.25, -0.2) is 4.98 Å². The number of benzene rings is 2. The van der Waals surface area contributed by atoms with E-state index in [1.54, 1.807) is 35.9 Å². The molecule has 0 saturated carbocycles. The second-order valence-electron chi connectivity index (χ2n) is 7.02. The van der Waals surface area contributed by atoms with Crippen LogP contribution in [-0.4, -0.2) is 23.9 Å². The van der Waals surface area contributed by atoms with E-state index in [0.717, 1.165) is 16.0 Å². The summed E-state index contributed by atoms with van der Waals surface area (Å²) in [5.74, 6) is 0.317. The van der Waals surface area contributed by atoms with Crippen LogP contribution in [0.4, 0.5) is 18.9 Å². The molecule has 0 unspecified atom stereocenters. The molecule has 156 valence electrons. The van der Waals surface area contributed by atoms with E-state index in [4.69, 9.17) is 0 Å². The molecule has 8 nitrogen and oxygen atoms in total. The molecule has 0 aliphatic rings. The molecule has 5 aromatic rings. The first-order valence-electron chi connectivity index (χ1n) is 9.02. The number of aryl methyl sites for hydroxylation is 1. The number of halogens is 3. The summed E-state index contributed by atoms with van der Waals surface area (Å²) in [6.07, 6.45) is -4.78. The van der Waals surface area contributed by atoms with Gasteiger partial charge in [0.05, 0.1) is 27.0 Å². The summed E-state index contributed by atoms with van der Waals surface area (Å²) in [4.78, 5) is 30.1. The maximum atomic E-state index is 13.4. The van der Waals surface area contributed by atoms with Gasteiger partial charge in [-0.3, -0.25) is 19.3 Å². The Morgan fingerprint density at radius 3 is 2.52 bits per heavy atom. The quantitative estimate of drug-likeness (QED) is 0.336. The van der Waals surface area contributed by atoms with Crippen molar-refractivity contribution in [1.29, 1.82) is 0 Å². The maximum Gasteiger partial charge on any atom is 0.431 e. The number of fused-ring (bicyclic) bond motifs is 4. The zero-order valence-electron chi connectivity index (χ0n) is 15.8. The van der Waals surface area contributed by atoms with Crippen LogP contribution in [0.25, 0.3) is 39.0 Å². The zero-order chi connectivity index (χ0) is 22.1. The van der Waals surface area contributed by atoms with Gasteiger partial charge < -0.3 is 9.55 Å². The highest BCUT2D eigenvalue weighted by atomic mass is 19.4. The summed E-state index contributed by atoms with van der Waals surface area (Å²) < 4.78 is 42.9. The van der Waals surface area contributed by atoms with Gasteiger partial charge in [0.25, 0.3) is 11.2 Å². The number of nitro benzene ring substituents is 1. The molecule has 0 spiro atoms. The van der Waals surface area contributed by atoms with E-state index in [1.165, 1.54) is 12.1 Å². The molecule has 0 radical (unpaired) electrons. The Balaban J connectivity index is 2.00. The van der Waals surface area contributed by atoms with Crippen molar-refractivity contribution in [2.24, 2.45) is 7.05 Å². The monoisotopic (exact) mass is 427 g/mol. The summed E-state index contributed by atoms with van der Waals surface area (Å²) in [6, 6.07) is 11.4. The van der Waals surface area contributed by atoms with Gasteiger partial charge in [-0.2, -0.15) is 13.2 Å². The van der Waals surface area contributed by atoms with Crippen LogP contribution >= 0.6 is 0 Å². The molecule has 2 aromatic carbocycles. The number of hydrogen-bond donors (Lipinski definition) is 1. The lowest BCUT2D eigenvalue weighted by Crippen LogP contribution is -2.19. The van der Waals surface area contributed by atoms with E-state index in [-0.39, 0.29) is 22.4 Å². The van der Waals surface area contributed by atoms with Gasteiger partial charge in [0.15, 0.2) is 0 Å². The number of rotatable bonds is 2. The number of nitrogens with zero attached hydrogens (tertiary/aromatic N) is 4. The molecule has 0 aliphatic carbocycles. The Bertz CT molecular complexity index is 1590. The van der Waals surface area contributed by atoms with Crippen molar-refractivity contribution in [3.8, 4) is 11.4 Å². The van der Waals surface area contributed by atoms with E-state index in [0.29, 0.717) is 22.8 Å². The molecule has 1 N–H and O–H groups in total. The lowest BCUT2D eigenvalue weighted by Gasteiger charge is -2.08. The Hall–Kier alpha value is -4.15. The molecule has 3 aromatic heterocycles. The molecule has 0 amide bonds. The SMILES string of the molecule is Cn1c(-c2c3ccc([N+](=O)[O-])cc3n3c(=O)cc(C(F)(F)F)[nH]c23)nc2ccccc21. The summed E-state index contributed by atoms with van der Waals surface area (Å²) >= 11 is 0. The first-order chi connectivity index (χ1) is 14.7. The van der Waals surface area contributed by atoms with Gasteiger partial charge in [0.2, 0.25) is 0 Å². The minimum Gasteiger partial charge on any atom is -0.336 e. The number of nitro groups is 1. The fourth-order valence-corrected chi connectivity index (χ4v) is 3.84. The fraction of sp³-hybridized carbons (Fsp3) is 0.100. The van der Waals surface area contributed by atoms with Crippen molar-refractivity contribution in [3.63, 3.8) is 0 Å². The molecule has 0 aliphatic heterocycles. The maximum absolute atomic E-state index is 13.4. The number of hydrogen-bond acceptors (Lipinski definition) is 4. The van der Waals surface area contributed by atoms with E-state index in [2.05, 4.69) is 9.97 Å². The van der Waals surface area contributed by atoms with Crippen LogP contribution in [0.1, 0.15) is 5.69 Å². The van der Waals surface area contributed by atoms with Crippen molar-refractivity contribution in [2.75, 3.05) is 0 Å². The van der Waals surface area contributed by atoms with E-state index in [9.17, 15) is 28.1 Å². The van der Waals surface area contributed by atoms with Crippen molar-refractivity contribution in [3.05, 3.63) is 74.7 Å². The van der Waals surface area contributed by atoms with Crippen LogP contribution in [0.5, 0.6) is 0 Å². The second kappa shape index (κ2) is 6.17. The molecule has 11 heteroatoms. The molecular formula is C20H12F3N5O3. The van der Waals surface area contributed by atoms with Gasteiger partial charge in [0, 0.05) is 30.6 Å². The normalized spacial score (nSPS) is 12.3. The third kappa shape index (κ3) is 2.70. The topological polar surface area (TPSA) is 98.2 Å². The second-order valence-corrected chi connectivity index (χ2v) is 7.02. The molecule has 0 bridgehead atoms. The van der Waals surface area contributed by atoms with Crippen molar-refractivity contribution in [1.82, 2.24) is 18.9 Å². The summed E-state index contributed by atoms with van der Waals surface area (Å²) in [7, 11) is 1.71. The average Bonchev–Trinajstić information content (AvgIpc) is 3.21. The number of aromatic amines is 1. The van der Waals surface area contributed by atoms with Gasteiger partial charge in [-0.15, -0.1) is 0 Å². The molecule has 3 heterocycles. The number of nitrogens with one attached hydrogen (secondary N) is 1. The largest absolute Gasteiger partial charge is 0.431 e. The molecule has 31 heavy (non-hydrogen) atoms. The predicted octanol–water partition coefficient (Wildman–Crippen LogP) is 4.26. The highest BCUT2D eigenvalue weighted by molar-refractivity contribution is 6.04. The zero-order valence-corrected chi connectivity index (χ0v) is 15.8. The smallest absolute Gasteiger partial charge is 0.336 e. The van der Waals surface area contributed by atoms with Crippen molar-refractivity contribution >= 4 is 33.3 Å². The summed E-state index contributed by atoms with van der Waals surface area (Å²) in [5.41, 5.74) is -0.909. The number of para-hydroxylation sites is 2. The lowest BCUT2D eigenvalue weighted by atomic mass is 10.1. The van der Waals surface area contributed by atoms with E-state index in [1.807, 2.05) is 0 Å². The van der Waals surface area contributed by atoms with Gasteiger partial charge in [-0.05, 0) is 18.2 Å². The minimum absolute atomic E-state index is 0.112. The lowest BCUT2D eigenvalue weighted by molar-refractivity contribution is -0.384. The van der Waals surface area contributed by atoms with Gasteiger partial charge in [0.1, 0.15) is 17.2 Å². The van der Waals surface area contributed by atoms with Crippen LogP contribution in [0.3, 0.4) is 0 Å². The van der Waals surface area contributed by atoms with Crippen LogP contribution in [0.2, 0.25) is 0 Å². The fourth-order valence-electron chi connectivity index (χ4n) is 3.84. The van der Waals surface area contributed by atoms with Gasteiger partial charge in [-0.1, -0.05) is 12.1 Å². The molecule has 5 rings (SSSR count). The third-order valence-electron chi connectivity index (χ3n) is 5.22. The van der Waals surface area contributed by atoms with Crippen molar-refractivity contribution in [2.45, 2.75) is 6.18 Å². The number of alkyl halides is 3. The van der Waals surface area contributed by atoms with Crippen LogP contribution < -0.4 is 5.56 Å². The summed E-state index contributed by atoms with van der Waals surface area (Å²) in [6.45, 7) is 0. The number of imidazole rings is 1. The summed E-state index contributed by atoms with van der Waals surface area (Å²) in [5, 5.41) is 11.6. The minimum atomic E-state index is -4.78. The molecular weight excluding hydrogens is 415 g/mol. The number of H-pyrrole nitrogens is 1. The standard InChI is InChI=1S/C20H12F3N5O3/c1-26-13-5-3-2-4-12(13)24-18(26)17-11-7-6-10(28(30)31)8-14(11)27-16(29)9-15(20(21,22)23)25-19(17)27/h2-9,25H,1H3. The average molecular weight is 427 g/mol. The van der Waals surface area contributed by atoms with Crippen LogP contribution in [-0.2, 0) is 13.2 Å². The number of aromatic nitrogens is 4. The van der Waals surface area contributed by atoms with E-state index >= 15 is 0 Å². The predicted molar refractivity (Wildman–Crippen MR) is 107 cm³/mol. The third-order valence-corrected chi connectivity index (χ3v) is 5.22. The highest BCUT2D eigenvalue weighted by Gasteiger charge is 2.34. The first-order valence-corrected chi connectivity index (χ1v) is 9.02. The highest BCUT2D eigenvalue weighted by Crippen LogP contribution is 2.37. The van der Waals surface area contributed by atoms with Gasteiger partial charge >= 0.3 is 6.18 Å².